The molecule has 2 fully saturated rings. The van der Waals surface area contributed by atoms with Gasteiger partial charge in [-0.15, -0.1) is 0 Å². The molecule has 5 heteroatoms. The summed E-state index contributed by atoms with van der Waals surface area (Å²) < 4.78 is 13.4. The van der Waals surface area contributed by atoms with Gasteiger partial charge in [0.1, 0.15) is 0 Å². The van der Waals surface area contributed by atoms with E-state index >= 15 is 0 Å². The molecular weight excluding hydrogens is 344 g/mol. The Kier molecular flexibility index (Phi) is 4.05. The molecule has 1 N–H and O–H groups in total. The van der Waals surface area contributed by atoms with E-state index in [4.69, 9.17) is 9.47 Å². The highest BCUT2D eigenvalue weighted by Gasteiger charge is 2.44. The van der Waals surface area contributed by atoms with Gasteiger partial charge >= 0.3 is 0 Å². The molecule has 22 heavy (non-hydrogen) atoms. The van der Waals surface area contributed by atoms with Crippen LogP contribution < -0.4 is 14.8 Å². The lowest BCUT2D eigenvalue weighted by atomic mass is 10.1. The predicted molar refractivity (Wildman–Crippen MR) is 89.6 cm³/mol. The average Bonchev–Trinajstić information content (AvgIpc) is 3.12. The first-order valence-corrected chi connectivity index (χ1v) is 9.17. The van der Waals surface area contributed by atoms with Gasteiger partial charge in [0.2, 0.25) is 0 Å². The minimum atomic E-state index is -0.362. The third-order valence-corrected chi connectivity index (χ3v) is 5.72. The van der Waals surface area contributed by atoms with Gasteiger partial charge in [-0.3, -0.25) is 0 Å². The summed E-state index contributed by atoms with van der Waals surface area (Å²) >= 11 is 3.71. The quantitative estimate of drug-likeness (QED) is 0.891. The molecule has 1 aromatic rings. The normalized spacial score (nSPS) is 23.3. The molecule has 2 heterocycles. The van der Waals surface area contributed by atoms with Crippen molar-refractivity contribution in [3.8, 4) is 11.5 Å². The first kappa shape index (κ1) is 14.8. The molecule has 0 atom stereocenters. The zero-order valence-corrected chi connectivity index (χ0v) is 14.5. The number of halogens is 1. The van der Waals surface area contributed by atoms with E-state index in [1.807, 2.05) is 0 Å². The minimum Gasteiger partial charge on any atom is -0.448 e. The van der Waals surface area contributed by atoms with Crippen LogP contribution in [0, 0.1) is 0 Å². The molecule has 1 aliphatic carbocycles. The number of ether oxygens (including phenoxy) is 2. The Morgan fingerprint density at radius 3 is 2.50 bits per heavy atom. The number of fused-ring (bicyclic) bond motifs is 1. The van der Waals surface area contributed by atoms with E-state index in [0.717, 1.165) is 68.0 Å². The van der Waals surface area contributed by atoms with Gasteiger partial charge in [0, 0.05) is 50.0 Å². The summed E-state index contributed by atoms with van der Waals surface area (Å²) in [4.78, 5) is 2.52. The van der Waals surface area contributed by atoms with Crippen LogP contribution in [0.1, 0.15) is 31.2 Å². The van der Waals surface area contributed by atoms with Crippen LogP contribution in [0.25, 0.3) is 0 Å². The average molecular weight is 367 g/mol. The Morgan fingerprint density at radius 2 is 1.77 bits per heavy atom. The highest BCUT2D eigenvalue weighted by molar-refractivity contribution is 9.10. The SMILES string of the molecule is Brc1cc2c(cc1CCN1CCNCC1)OC1(CCCC1)O2. The van der Waals surface area contributed by atoms with E-state index in [1.165, 1.54) is 18.4 Å². The van der Waals surface area contributed by atoms with Crippen molar-refractivity contribution in [3.05, 3.63) is 22.2 Å². The Morgan fingerprint density at radius 1 is 1.09 bits per heavy atom. The largest absolute Gasteiger partial charge is 0.448 e. The smallest absolute Gasteiger partial charge is 0.251 e. The second-order valence-corrected chi connectivity index (χ2v) is 7.41. The van der Waals surface area contributed by atoms with Gasteiger partial charge in [-0.2, -0.15) is 0 Å². The summed E-state index contributed by atoms with van der Waals surface area (Å²) in [6.07, 6.45) is 5.46. The van der Waals surface area contributed by atoms with Crippen LogP contribution >= 0.6 is 15.9 Å². The maximum Gasteiger partial charge on any atom is 0.251 e. The highest BCUT2D eigenvalue weighted by atomic mass is 79.9. The first-order chi connectivity index (χ1) is 10.7. The molecular formula is C17H23BrN2O2. The van der Waals surface area contributed by atoms with Crippen molar-refractivity contribution in [1.82, 2.24) is 10.2 Å². The lowest BCUT2D eigenvalue weighted by molar-refractivity contribution is -0.0716. The first-order valence-electron chi connectivity index (χ1n) is 8.38. The van der Waals surface area contributed by atoms with Crippen molar-refractivity contribution in [2.45, 2.75) is 37.9 Å². The van der Waals surface area contributed by atoms with Gasteiger partial charge in [0.15, 0.2) is 11.5 Å². The van der Waals surface area contributed by atoms with Crippen molar-refractivity contribution in [2.75, 3.05) is 32.7 Å². The maximum absolute atomic E-state index is 6.18. The van der Waals surface area contributed by atoms with Gasteiger partial charge in [-0.1, -0.05) is 15.9 Å². The molecule has 0 unspecified atom stereocenters. The molecule has 1 aromatic carbocycles. The lowest BCUT2D eigenvalue weighted by Crippen LogP contribution is -2.44. The number of nitrogens with one attached hydrogen (secondary N) is 1. The number of benzene rings is 1. The monoisotopic (exact) mass is 366 g/mol. The zero-order chi connectivity index (χ0) is 15.0. The molecule has 4 rings (SSSR count). The van der Waals surface area contributed by atoms with Crippen LogP contribution in [-0.4, -0.2) is 43.4 Å². The van der Waals surface area contributed by atoms with Crippen molar-refractivity contribution >= 4 is 15.9 Å². The third kappa shape index (κ3) is 2.86. The molecule has 120 valence electrons. The molecule has 2 aliphatic heterocycles. The number of piperazine rings is 1. The van der Waals surface area contributed by atoms with Gasteiger partial charge in [-0.25, -0.2) is 0 Å². The number of nitrogens with zero attached hydrogens (tertiary/aromatic N) is 1. The Hall–Kier alpha value is -0.780. The second kappa shape index (κ2) is 6.02. The summed E-state index contributed by atoms with van der Waals surface area (Å²) in [6, 6.07) is 4.27. The molecule has 0 amide bonds. The van der Waals surface area contributed by atoms with E-state index < -0.39 is 0 Å². The van der Waals surface area contributed by atoms with E-state index in [2.05, 4.69) is 38.3 Å². The van der Waals surface area contributed by atoms with E-state index in [9.17, 15) is 0 Å². The Labute approximate surface area is 140 Å². The molecule has 0 bridgehead atoms. The summed E-state index contributed by atoms with van der Waals surface area (Å²) in [7, 11) is 0. The van der Waals surface area contributed by atoms with Crippen molar-refractivity contribution in [3.63, 3.8) is 0 Å². The molecule has 0 radical (unpaired) electrons. The summed E-state index contributed by atoms with van der Waals surface area (Å²) in [6.45, 7) is 5.59. The fourth-order valence-corrected chi connectivity index (χ4v) is 4.20. The fourth-order valence-electron chi connectivity index (χ4n) is 3.68. The van der Waals surface area contributed by atoms with E-state index in [1.54, 1.807) is 0 Å². The standard InChI is InChI=1S/C17H23BrN2O2/c18-14-12-16-15(21-17(22-16)4-1-2-5-17)11-13(14)3-8-20-9-6-19-7-10-20/h11-12,19H,1-10H2. The maximum atomic E-state index is 6.18. The van der Waals surface area contributed by atoms with Crippen molar-refractivity contribution in [2.24, 2.45) is 0 Å². The summed E-state index contributed by atoms with van der Waals surface area (Å²) in [5, 5.41) is 3.40. The van der Waals surface area contributed by atoms with E-state index in [0.29, 0.717) is 0 Å². The lowest BCUT2D eigenvalue weighted by Gasteiger charge is -2.27. The zero-order valence-electron chi connectivity index (χ0n) is 12.9. The van der Waals surface area contributed by atoms with Gasteiger partial charge in [0.05, 0.1) is 0 Å². The van der Waals surface area contributed by atoms with Crippen LogP contribution in [0.3, 0.4) is 0 Å². The van der Waals surface area contributed by atoms with Crippen molar-refractivity contribution in [1.29, 1.82) is 0 Å². The minimum absolute atomic E-state index is 0.362. The molecule has 1 spiro atoms. The Bertz CT molecular complexity index is 552. The van der Waals surface area contributed by atoms with Crippen LogP contribution in [0.4, 0.5) is 0 Å². The summed E-state index contributed by atoms with van der Waals surface area (Å²) in [5.74, 6) is 1.47. The van der Waals surface area contributed by atoms with Crippen molar-refractivity contribution < 1.29 is 9.47 Å². The second-order valence-electron chi connectivity index (χ2n) is 6.55. The molecule has 0 aromatic heterocycles. The van der Waals surface area contributed by atoms with Crippen LogP contribution in [0.5, 0.6) is 11.5 Å². The Balaban J connectivity index is 1.46. The van der Waals surface area contributed by atoms with Crippen LogP contribution in [0.15, 0.2) is 16.6 Å². The van der Waals surface area contributed by atoms with Crippen LogP contribution in [0.2, 0.25) is 0 Å². The topological polar surface area (TPSA) is 33.7 Å². The van der Waals surface area contributed by atoms with Gasteiger partial charge < -0.3 is 19.7 Å². The molecule has 1 saturated carbocycles. The fraction of sp³-hybridized carbons (Fsp3) is 0.647. The number of hydrogen-bond acceptors (Lipinski definition) is 4. The molecule has 1 saturated heterocycles. The van der Waals surface area contributed by atoms with Crippen LogP contribution in [-0.2, 0) is 6.42 Å². The molecule has 4 nitrogen and oxygen atoms in total. The van der Waals surface area contributed by atoms with Gasteiger partial charge in [0.25, 0.3) is 5.79 Å². The highest BCUT2D eigenvalue weighted by Crippen LogP contribution is 2.48. The van der Waals surface area contributed by atoms with E-state index in [-0.39, 0.29) is 5.79 Å². The third-order valence-electron chi connectivity index (χ3n) is 4.98. The summed E-state index contributed by atoms with van der Waals surface area (Å²) in [5.41, 5.74) is 1.32. The number of rotatable bonds is 3. The predicted octanol–water partition coefficient (Wildman–Crippen LogP) is 2.94. The molecule has 3 aliphatic rings. The van der Waals surface area contributed by atoms with Gasteiger partial charge in [-0.05, 0) is 37.0 Å². The number of hydrogen-bond donors (Lipinski definition) is 1.